The second-order valence-electron chi connectivity index (χ2n) is 17.4. The van der Waals surface area contributed by atoms with Crippen LogP contribution in [0, 0.1) is 0 Å². The van der Waals surface area contributed by atoms with Gasteiger partial charge in [-0.25, -0.2) is 0 Å². The van der Waals surface area contributed by atoms with Crippen molar-refractivity contribution >= 4 is 75.0 Å². The van der Waals surface area contributed by atoms with Crippen LogP contribution in [0.4, 0.5) is 51.2 Å². The Balaban J connectivity index is 1.28. The highest BCUT2D eigenvalue weighted by molar-refractivity contribution is 7.82. The largest absolute Gasteiger partial charge is 0.309 e. The summed E-state index contributed by atoms with van der Waals surface area (Å²) in [6, 6.07) is 63.9. The summed E-state index contributed by atoms with van der Waals surface area (Å²) in [5.74, 6) is 0. The van der Waals surface area contributed by atoms with Crippen LogP contribution in [0.5, 0.6) is 0 Å². The number of hydrogen-bond donors (Lipinski definition) is 0. The molecule has 0 atom stereocenters. The molecule has 0 bridgehead atoms. The molecular weight excluding hydrogens is 722 g/mol. The second-order valence-corrected chi connectivity index (χ2v) is 19.4. The van der Waals surface area contributed by atoms with Crippen molar-refractivity contribution in [3.8, 4) is 22.3 Å². The molecule has 58 heavy (non-hydrogen) atoms. The maximum absolute atomic E-state index is 2.74. The van der Waals surface area contributed by atoms with Crippen molar-refractivity contribution in [1.82, 2.24) is 0 Å². The number of anilines is 9. The minimum Gasteiger partial charge on any atom is -0.309 e. The van der Waals surface area contributed by atoms with Gasteiger partial charge in [-0.2, -0.15) is 0 Å². The lowest BCUT2D eigenvalue weighted by Crippen LogP contribution is -2.47. The zero-order chi connectivity index (χ0) is 38.7. The summed E-state index contributed by atoms with van der Waals surface area (Å²) in [4.78, 5) is 7.90. The third-order valence-corrected chi connectivity index (χ3v) is 16.3. The van der Waals surface area contributed by atoms with Crippen LogP contribution >= 0.6 is 7.92 Å². The van der Waals surface area contributed by atoms with Crippen LogP contribution in [0.3, 0.4) is 0 Å². The fraction of sp³-hybridized carbons (Fsp3) is 0.111. The molecule has 5 aliphatic rings. The van der Waals surface area contributed by atoms with Gasteiger partial charge >= 0.3 is 0 Å². The molecule has 13 rings (SSSR count). The lowest BCUT2D eigenvalue weighted by Gasteiger charge is -2.52. The van der Waals surface area contributed by atoms with E-state index in [4.69, 9.17) is 0 Å². The van der Waals surface area contributed by atoms with Crippen LogP contribution < -0.4 is 30.6 Å². The average molecular weight is 762 g/mol. The highest BCUT2D eigenvalue weighted by atomic mass is 31.1. The quantitative estimate of drug-likeness (QED) is 0.166. The van der Waals surface area contributed by atoms with Crippen LogP contribution in [-0.2, 0) is 10.8 Å². The highest BCUT2D eigenvalue weighted by Crippen LogP contribution is 2.69. The average Bonchev–Trinajstić information content (AvgIpc) is 3.63. The molecule has 0 saturated carbocycles. The van der Waals surface area contributed by atoms with Gasteiger partial charge in [0.25, 0.3) is 0 Å². The summed E-state index contributed by atoms with van der Waals surface area (Å²) in [6.45, 7) is 9.84. The molecule has 3 heterocycles. The van der Waals surface area contributed by atoms with Gasteiger partial charge in [0.2, 0.25) is 0 Å². The van der Waals surface area contributed by atoms with E-state index in [2.05, 4.69) is 212 Å². The Morgan fingerprint density at radius 1 is 0.345 bits per heavy atom. The van der Waals surface area contributed by atoms with E-state index >= 15 is 0 Å². The van der Waals surface area contributed by atoms with Crippen LogP contribution in [0.2, 0.25) is 0 Å². The van der Waals surface area contributed by atoms with Gasteiger partial charge in [-0.1, -0.05) is 137 Å². The van der Waals surface area contributed by atoms with Crippen molar-refractivity contribution < 1.29 is 0 Å². The van der Waals surface area contributed by atoms with Gasteiger partial charge in [-0.3, -0.25) is 0 Å². The topological polar surface area (TPSA) is 9.72 Å². The summed E-state index contributed by atoms with van der Waals surface area (Å²) in [7, 11) is -1.03. The maximum atomic E-state index is 2.74. The Hall–Kier alpha value is -6.41. The lowest BCUT2D eigenvalue weighted by molar-refractivity contribution is 0.656. The van der Waals surface area contributed by atoms with Gasteiger partial charge in [0.05, 0.1) is 34.1 Å². The van der Waals surface area contributed by atoms with Gasteiger partial charge in [0.1, 0.15) is 0 Å². The Morgan fingerprint density at radius 2 is 0.724 bits per heavy atom. The van der Waals surface area contributed by atoms with Crippen LogP contribution in [-0.4, -0.2) is 0 Å². The molecular formula is C54H40N3P. The standard InChI is InChI=1S/C54H40N3P/c1-53(2)40-27-16-14-25-36(40)38-31-44-51-48(46(38)53)57(35-23-12-7-13-24-35)49-47-39(37-26-15-17-28-41(37)54(47,3)4)32-45-52(49)58(51)50-42(55(44)33-19-8-5-9-20-33)29-18-30-43(50)56(45)34-21-10-6-11-22-34/h5-32H,1-4H3. The lowest BCUT2D eigenvalue weighted by atomic mass is 9.79. The molecule has 0 amide bonds. The molecule has 3 nitrogen and oxygen atoms in total. The van der Waals surface area contributed by atoms with Gasteiger partial charge < -0.3 is 14.7 Å². The first-order chi connectivity index (χ1) is 28.4. The first-order valence-corrected chi connectivity index (χ1v) is 21.8. The number of rotatable bonds is 3. The Bertz CT molecular complexity index is 2890. The van der Waals surface area contributed by atoms with E-state index in [9.17, 15) is 0 Å². The molecule has 0 spiro atoms. The molecule has 0 saturated heterocycles. The van der Waals surface area contributed by atoms with Crippen molar-refractivity contribution in [2.45, 2.75) is 38.5 Å². The number of fused-ring (bicyclic) bond motifs is 8. The second kappa shape index (κ2) is 11.2. The normalized spacial score (nSPS) is 16.4. The number of nitrogens with zero attached hydrogens (tertiary/aromatic N) is 3. The van der Waals surface area contributed by atoms with Gasteiger partial charge in [-0.05, 0) is 105 Å². The highest BCUT2D eigenvalue weighted by Gasteiger charge is 2.54. The summed E-state index contributed by atoms with van der Waals surface area (Å²) < 4.78 is 0. The van der Waals surface area contributed by atoms with Gasteiger partial charge in [0.15, 0.2) is 0 Å². The summed E-state index contributed by atoms with van der Waals surface area (Å²) in [5, 5.41) is 4.34. The molecule has 8 aromatic rings. The smallest absolute Gasteiger partial charge is 0.0613 e. The summed E-state index contributed by atoms with van der Waals surface area (Å²) in [6.07, 6.45) is 0. The summed E-state index contributed by atoms with van der Waals surface area (Å²) >= 11 is 0. The molecule has 3 aliphatic heterocycles. The third kappa shape index (κ3) is 3.89. The van der Waals surface area contributed by atoms with Crippen molar-refractivity contribution in [2.24, 2.45) is 0 Å². The Kier molecular flexibility index (Phi) is 6.28. The minimum absolute atomic E-state index is 0.237. The van der Waals surface area contributed by atoms with Crippen molar-refractivity contribution in [2.75, 3.05) is 14.7 Å². The molecule has 0 fully saturated rings. The van der Waals surface area contributed by atoms with Crippen molar-refractivity contribution in [1.29, 1.82) is 0 Å². The van der Waals surface area contributed by atoms with E-state index in [1.165, 1.54) is 112 Å². The predicted octanol–water partition coefficient (Wildman–Crippen LogP) is 13.4. The first kappa shape index (κ1) is 32.7. The van der Waals surface area contributed by atoms with Crippen molar-refractivity contribution in [3.05, 3.63) is 192 Å². The molecule has 4 heteroatoms. The molecule has 0 aromatic heterocycles. The fourth-order valence-corrected chi connectivity index (χ4v) is 14.5. The van der Waals surface area contributed by atoms with E-state index in [0.29, 0.717) is 0 Å². The van der Waals surface area contributed by atoms with E-state index in [0.717, 1.165) is 0 Å². The van der Waals surface area contributed by atoms with Crippen molar-refractivity contribution in [3.63, 3.8) is 0 Å². The van der Waals surface area contributed by atoms with E-state index in [1.54, 1.807) is 0 Å². The van der Waals surface area contributed by atoms with E-state index in [1.807, 2.05) is 0 Å². The minimum atomic E-state index is -1.03. The third-order valence-electron chi connectivity index (χ3n) is 13.7. The molecule has 0 unspecified atom stereocenters. The SMILES string of the molecule is CC1(C)c2ccccc2-c2cc3c4c(c21)N(c1ccccc1)c1c2c(cc5c1C(C)(C)c1ccccc1-5)N(c1ccccc1)c1cccc(c1P42)N3c1ccccc1. The maximum Gasteiger partial charge on any atom is 0.0613 e. The van der Waals surface area contributed by atoms with Crippen LogP contribution in [0.15, 0.2) is 170 Å². The predicted molar refractivity (Wildman–Crippen MR) is 245 cm³/mol. The monoisotopic (exact) mass is 761 g/mol. The molecule has 0 radical (unpaired) electrons. The molecule has 2 aliphatic carbocycles. The first-order valence-electron chi connectivity index (χ1n) is 20.5. The zero-order valence-corrected chi connectivity index (χ0v) is 33.8. The van der Waals surface area contributed by atoms with Crippen LogP contribution in [0.1, 0.15) is 49.9 Å². The molecule has 0 N–H and O–H groups in total. The fourth-order valence-electron chi connectivity index (χ4n) is 11.4. The van der Waals surface area contributed by atoms with E-state index < -0.39 is 7.92 Å². The van der Waals surface area contributed by atoms with Crippen LogP contribution in [0.25, 0.3) is 22.3 Å². The number of hydrogen-bond acceptors (Lipinski definition) is 3. The van der Waals surface area contributed by atoms with E-state index in [-0.39, 0.29) is 10.8 Å². The zero-order valence-electron chi connectivity index (χ0n) is 33.0. The molecule has 8 aromatic carbocycles. The number of para-hydroxylation sites is 3. The Labute approximate surface area is 341 Å². The number of benzene rings is 8. The summed E-state index contributed by atoms with van der Waals surface area (Å²) in [5.41, 5.74) is 21.9. The Morgan fingerprint density at radius 3 is 1.16 bits per heavy atom. The van der Waals surface area contributed by atoms with Gasteiger partial charge in [-0.15, -0.1) is 0 Å². The van der Waals surface area contributed by atoms with Gasteiger partial charge in [0, 0.05) is 51.7 Å². The molecule has 276 valence electrons.